The van der Waals surface area contributed by atoms with Gasteiger partial charge in [-0.2, -0.15) is 13.2 Å². The zero-order valence-corrected chi connectivity index (χ0v) is 20.6. The quantitative estimate of drug-likeness (QED) is 0.581. The van der Waals surface area contributed by atoms with Gasteiger partial charge in [0.25, 0.3) is 0 Å². The molecule has 0 saturated carbocycles. The van der Waals surface area contributed by atoms with Crippen LogP contribution in [0.4, 0.5) is 18.9 Å². The molecule has 1 atom stereocenters. The number of rotatable bonds is 5. The lowest BCUT2D eigenvalue weighted by Gasteiger charge is -2.39. The predicted molar refractivity (Wildman–Crippen MR) is 129 cm³/mol. The van der Waals surface area contributed by atoms with E-state index in [1.807, 2.05) is 4.90 Å². The Labute approximate surface area is 208 Å². The summed E-state index contributed by atoms with van der Waals surface area (Å²) in [5, 5.41) is 0.530. The average molecular weight is 530 g/mol. The molecule has 2 fully saturated rings. The Bertz CT molecular complexity index is 1150. The number of carbonyl (C=O) groups is 1. The molecule has 2 heterocycles. The second kappa shape index (κ2) is 10.4. The number of anilines is 1. The molecule has 35 heavy (non-hydrogen) atoms. The number of piperidine rings is 1. The normalized spacial score (nSPS) is 20.2. The Morgan fingerprint density at radius 3 is 2.34 bits per heavy atom. The molecule has 0 aromatic heterocycles. The lowest BCUT2D eigenvalue weighted by molar-refractivity contribution is -0.137. The number of halogens is 4. The average Bonchev–Trinajstić information content (AvgIpc) is 2.85. The third-order valence-electron chi connectivity index (χ3n) is 6.52. The first-order valence-corrected chi connectivity index (χ1v) is 13.4. The van der Waals surface area contributed by atoms with E-state index in [0.717, 1.165) is 12.1 Å². The number of nitrogens with zero attached hydrogens (tertiary/aromatic N) is 3. The lowest BCUT2D eigenvalue weighted by Crippen LogP contribution is -2.53. The summed E-state index contributed by atoms with van der Waals surface area (Å²) in [7, 11) is -3.59. The number of amides is 1. The molecule has 0 spiro atoms. The van der Waals surface area contributed by atoms with Crippen LogP contribution >= 0.6 is 11.6 Å². The molecule has 0 radical (unpaired) electrons. The van der Waals surface area contributed by atoms with Gasteiger partial charge >= 0.3 is 6.18 Å². The minimum Gasteiger partial charge on any atom is -0.368 e. The third-order valence-corrected chi connectivity index (χ3v) is 8.59. The van der Waals surface area contributed by atoms with Crippen molar-refractivity contribution in [2.24, 2.45) is 5.92 Å². The third kappa shape index (κ3) is 6.29. The first-order chi connectivity index (χ1) is 16.5. The van der Waals surface area contributed by atoms with Crippen molar-refractivity contribution in [2.75, 3.05) is 44.2 Å². The molecule has 0 N–H and O–H groups in total. The van der Waals surface area contributed by atoms with Crippen molar-refractivity contribution in [2.45, 2.75) is 24.8 Å². The highest BCUT2D eigenvalue weighted by molar-refractivity contribution is 7.88. The Balaban J connectivity index is 1.35. The summed E-state index contributed by atoms with van der Waals surface area (Å²) in [5.74, 6) is -0.676. The maximum atomic E-state index is 13.2. The highest BCUT2D eigenvalue weighted by Gasteiger charge is 2.36. The SMILES string of the molecule is O=C([C@@H]1CCCN(S(=O)(=O)Cc2ccc(Cl)cc2)C1)N1CCN(c2cccc(C(F)(F)F)c2)CC1. The molecule has 1 amide bonds. The van der Waals surface area contributed by atoms with Crippen molar-refractivity contribution in [1.29, 1.82) is 0 Å². The molecule has 0 bridgehead atoms. The zero-order chi connectivity index (χ0) is 25.2. The van der Waals surface area contributed by atoms with Gasteiger partial charge in [-0.3, -0.25) is 4.79 Å². The molecule has 2 saturated heterocycles. The van der Waals surface area contributed by atoms with Gasteiger partial charge in [0.05, 0.1) is 17.2 Å². The van der Waals surface area contributed by atoms with E-state index < -0.39 is 27.7 Å². The second-order valence-corrected chi connectivity index (χ2v) is 11.3. The largest absolute Gasteiger partial charge is 0.416 e. The molecule has 11 heteroatoms. The van der Waals surface area contributed by atoms with Crippen LogP contribution < -0.4 is 4.90 Å². The van der Waals surface area contributed by atoms with Crippen LogP contribution in [0.5, 0.6) is 0 Å². The van der Waals surface area contributed by atoms with Gasteiger partial charge in [0.1, 0.15) is 0 Å². The van der Waals surface area contributed by atoms with Crippen LogP contribution in [0.1, 0.15) is 24.0 Å². The minimum atomic E-state index is -4.41. The van der Waals surface area contributed by atoms with E-state index in [2.05, 4.69) is 0 Å². The highest BCUT2D eigenvalue weighted by atomic mass is 35.5. The topological polar surface area (TPSA) is 60.9 Å². The first-order valence-electron chi connectivity index (χ1n) is 11.5. The molecular weight excluding hydrogens is 503 g/mol. The minimum absolute atomic E-state index is 0.0971. The summed E-state index contributed by atoms with van der Waals surface area (Å²) in [6.07, 6.45) is -3.20. The summed E-state index contributed by atoms with van der Waals surface area (Å²) in [5.41, 5.74) is 0.410. The van der Waals surface area contributed by atoms with E-state index in [1.165, 1.54) is 10.4 Å². The van der Waals surface area contributed by atoms with Gasteiger partial charge in [0, 0.05) is 50.0 Å². The Hall–Kier alpha value is -2.30. The zero-order valence-electron chi connectivity index (χ0n) is 19.0. The smallest absolute Gasteiger partial charge is 0.368 e. The Kier molecular flexibility index (Phi) is 7.63. The van der Waals surface area contributed by atoms with Gasteiger partial charge < -0.3 is 9.80 Å². The van der Waals surface area contributed by atoms with Gasteiger partial charge in [-0.25, -0.2) is 12.7 Å². The van der Waals surface area contributed by atoms with Crippen molar-refractivity contribution >= 4 is 33.2 Å². The van der Waals surface area contributed by atoms with Crippen LogP contribution in [0.15, 0.2) is 48.5 Å². The van der Waals surface area contributed by atoms with Crippen LogP contribution in [0.2, 0.25) is 5.02 Å². The fourth-order valence-corrected chi connectivity index (χ4v) is 6.34. The summed E-state index contributed by atoms with van der Waals surface area (Å²) in [4.78, 5) is 16.7. The second-order valence-electron chi connectivity index (χ2n) is 8.94. The van der Waals surface area contributed by atoms with Gasteiger partial charge in [-0.1, -0.05) is 29.8 Å². The number of alkyl halides is 3. The maximum Gasteiger partial charge on any atom is 0.416 e. The summed E-state index contributed by atoms with van der Waals surface area (Å²) in [6.45, 7) is 2.11. The van der Waals surface area contributed by atoms with Gasteiger partial charge in [-0.15, -0.1) is 0 Å². The number of carbonyl (C=O) groups excluding carboxylic acids is 1. The Morgan fingerprint density at radius 1 is 1.00 bits per heavy atom. The molecule has 2 aromatic carbocycles. The van der Waals surface area contributed by atoms with E-state index in [1.54, 1.807) is 35.2 Å². The van der Waals surface area contributed by atoms with Crippen molar-refractivity contribution in [3.63, 3.8) is 0 Å². The number of hydrogen-bond acceptors (Lipinski definition) is 4. The van der Waals surface area contributed by atoms with Crippen LogP contribution in [0, 0.1) is 5.92 Å². The molecule has 0 aliphatic carbocycles. The first kappa shape index (κ1) is 25.8. The van der Waals surface area contributed by atoms with Crippen molar-refractivity contribution < 1.29 is 26.4 Å². The van der Waals surface area contributed by atoms with Crippen LogP contribution in [0.25, 0.3) is 0 Å². The van der Waals surface area contributed by atoms with Crippen molar-refractivity contribution in [3.8, 4) is 0 Å². The van der Waals surface area contributed by atoms with E-state index in [4.69, 9.17) is 11.6 Å². The standard InChI is InChI=1S/C24H27ClF3N3O3S/c25-21-8-6-18(7-9-21)17-35(33,34)31-10-2-3-19(16-31)23(32)30-13-11-29(12-14-30)22-5-1-4-20(15-22)24(26,27)28/h1,4-9,15,19H,2-3,10-14,16-17H2/t19-/m1/s1. The van der Waals surface area contributed by atoms with Crippen molar-refractivity contribution in [1.82, 2.24) is 9.21 Å². The molecule has 2 aromatic rings. The number of piperazine rings is 1. The van der Waals surface area contributed by atoms with Gasteiger partial charge in [0.2, 0.25) is 15.9 Å². The van der Waals surface area contributed by atoms with E-state index in [0.29, 0.717) is 61.8 Å². The number of sulfonamides is 1. The predicted octanol–water partition coefficient (Wildman–Crippen LogP) is 4.25. The summed E-state index contributed by atoms with van der Waals surface area (Å²) in [6, 6.07) is 11.8. The maximum absolute atomic E-state index is 13.2. The lowest BCUT2D eigenvalue weighted by atomic mass is 9.97. The fourth-order valence-electron chi connectivity index (χ4n) is 4.60. The molecular formula is C24H27ClF3N3O3S. The van der Waals surface area contributed by atoms with E-state index in [9.17, 15) is 26.4 Å². The van der Waals surface area contributed by atoms with E-state index in [-0.39, 0.29) is 18.2 Å². The summed E-state index contributed by atoms with van der Waals surface area (Å²) < 4.78 is 66.4. The van der Waals surface area contributed by atoms with Crippen LogP contribution in [-0.4, -0.2) is 62.8 Å². The van der Waals surface area contributed by atoms with Crippen LogP contribution in [-0.2, 0) is 26.7 Å². The highest BCUT2D eigenvalue weighted by Crippen LogP contribution is 2.32. The Morgan fingerprint density at radius 2 is 1.69 bits per heavy atom. The molecule has 4 rings (SSSR count). The fraction of sp³-hybridized carbons (Fsp3) is 0.458. The molecule has 2 aliphatic heterocycles. The molecule has 6 nitrogen and oxygen atoms in total. The van der Waals surface area contributed by atoms with Crippen molar-refractivity contribution in [3.05, 3.63) is 64.7 Å². The van der Waals surface area contributed by atoms with Gasteiger partial charge in [-0.05, 0) is 48.7 Å². The monoisotopic (exact) mass is 529 g/mol. The summed E-state index contributed by atoms with van der Waals surface area (Å²) >= 11 is 5.88. The molecule has 2 aliphatic rings. The number of hydrogen-bond donors (Lipinski definition) is 0. The molecule has 0 unspecified atom stereocenters. The molecule has 190 valence electrons. The number of benzene rings is 2. The van der Waals surface area contributed by atoms with Gasteiger partial charge in [0.15, 0.2) is 0 Å². The van der Waals surface area contributed by atoms with E-state index >= 15 is 0 Å². The van der Waals surface area contributed by atoms with Crippen LogP contribution in [0.3, 0.4) is 0 Å².